The van der Waals surface area contributed by atoms with Crippen LogP contribution in [0.4, 0.5) is 11.4 Å². The van der Waals surface area contributed by atoms with Crippen LogP contribution in [0.25, 0.3) is 11.5 Å². The van der Waals surface area contributed by atoms with Crippen LogP contribution in [-0.4, -0.2) is 24.9 Å². The first kappa shape index (κ1) is 19.5. The maximum absolute atomic E-state index is 11.7. The molecular formula is C18H18N4O5S. The van der Waals surface area contributed by atoms with Crippen molar-refractivity contribution in [2.24, 2.45) is 5.14 Å². The summed E-state index contributed by atoms with van der Waals surface area (Å²) in [6.45, 7) is 2.32. The van der Waals surface area contributed by atoms with Gasteiger partial charge in [0.15, 0.2) is 0 Å². The Morgan fingerprint density at radius 1 is 1.21 bits per heavy atom. The first-order valence-electron chi connectivity index (χ1n) is 8.30. The van der Waals surface area contributed by atoms with Crippen molar-refractivity contribution in [2.45, 2.75) is 18.2 Å². The van der Waals surface area contributed by atoms with Gasteiger partial charge < -0.3 is 9.73 Å². The maximum Gasteiger partial charge on any atom is 0.270 e. The predicted octanol–water partition coefficient (Wildman–Crippen LogP) is 2.86. The predicted molar refractivity (Wildman–Crippen MR) is 103 cm³/mol. The Balaban J connectivity index is 1.70. The van der Waals surface area contributed by atoms with Gasteiger partial charge in [0.2, 0.25) is 15.9 Å². The topological polar surface area (TPSA) is 141 Å². The second kappa shape index (κ2) is 7.79. The van der Waals surface area contributed by atoms with Crippen LogP contribution in [0.2, 0.25) is 0 Å². The normalized spacial score (nSPS) is 11.4. The molecule has 1 heterocycles. The number of nitrogens with zero attached hydrogens (tertiary/aromatic N) is 2. The molecule has 0 radical (unpaired) electrons. The molecular weight excluding hydrogens is 384 g/mol. The zero-order chi connectivity index (χ0) is 20.3. The van der Waals surface area contributed by atoms with Crippen LogP contribution in [-0.2, 0) is 16.4 Å². The van der Waals surface area contributed by atoms with Crippen molar-refractivity contribution >= 4 is 21.4 Å². The summed E-state index contributed by atoms with van der Waals surface area (Å²) in [5.41, 5.74) is 2.51. The van der Waals surface area contributed by atoms with Crippen LogP contribution in [0.5, 0.6) is 0 Å². The fourth-order valence-corrected chi connectivity index (χ4v) is 3.31. The standard InChI is InChI=1S/C18H18N4O5S/c1-12-2-4-13(5-3-12)18-21-14(11-27-18)8-9-20-16-7-6-15(22(23)24)10-17(16)28(19,25)26/h2-7,10-11,20H,8-9H2,1H3,(H2,19,25,26). The lowest BCUT2D eigenvalue weighted by atomic mass is 10.1. The Labute approximate surface area is 161 Å². The summed E-state index contributed by atoms with van der Waals surface area (Å²) in [4.78, 5) is 14.3. The fraction of sp³-hybridized carbons (Fsp3) is 0.167. The van der Waals surface area contributed by atoms with Gasteiger partial charge in [-0.2, -0.15) is 0 Å². The van der Waals surface area contributed by atoms with E-state index in [2.05, 4.69) is 10.3 Å². The highest BCUT2D eigenvalue weighted by Crippen LogP contribution is 2.25. The SMILES string of the molecule is Cc1ccc(-c2nc(CCNc3ccc([N+](=O)[O-])cc3S(N)(=O)=O)co2)cc1. The van der Waals surface area contributed by atoms with Crippen molar-refractivity contribution in [3.8, 4) is 11.5 Å². The van der Waals surface area contributed by atoms with Crippen LogP contribution in [0.15, 0.2) is 58.0 Å². The summed E-state index contributed by atoms with van der Waals surface area (Å²) >= 11 is 0. The molecule has 10 heteroatoms. The number of non-ortho nitro benzene ring substituents is 1. The van der Waals surface area contributed by atoms with E-state index in [1.54, 1.807) is 0 Å². The van der Waals surface area contributed by atoms with Crippen LogP contribution in [0, 0.1) is 17.0 Å². The third kappa shape index (κ3) is 4.53. The van der Waals surface area contributed by atoms with Gasteiger partial charge >= 0.3 is 0 Å². The van der Waals surface area contributed by atoms with Gasteiger partial charge in [-0.15, -0.1) is 0 Å². The average Bonchev–Trinajstić information content (AvgIpc) is 3.10. The number of nitro benzene ring substituents is 1. The largest absolute Gasteiger partial charge is 0.444 e. The molecule has 2 aromatic carbocycles. The summed E-state index contributed by atoms with van der Waals surface area (Å²) < 4.78 is 29.0. The number of primary sulfonamides is 1. The number of nitrogens with one attached hydrogen (secondary N) is 1. The van der Waals surface area contributed by atoms with E-state index in [-0.39, 0.29) is 16.3 Å². The van der Waals surface area contributed by atoms with Gasteiger partial charge in [-0.1, -0.05) is 17.7 Å². The van der Waals surface area contributed by atoms with Crippen molar-refractivity contribution < 1.29 is 17.8 Å². The van der Waals surface area contributed by atoms with E-state index in [9.17, 15) is 18.5 Å². The molecule has 9 nitrogen and oxygen atoms in total. The van der Waals surface area contributed by atoms with Gasteiger partial charge in [-0.3, -0.25) is 10.1 Å². The molecule has 1 aromatic heterocycles. The Kier molecular flexibility index (Phi) is 5.43. The van der Waals surface area contributed by atoms with Crippen molar-refractivity contribution in [1.29, 1.82) is 0 Å². The molecule has 0 saturated heterocycles. The van der Waals surface area contributed by atoms with Crippen molar-refractivity contribution in [1.82, 2.24) is 4.98 Å². The minimum Gasteiger partial charge on any atom is -0.444 e. The first-order valence-corrected chi connectivity index (χ1v) is 9.85. The van der Waals surface area contributed by atoms with Gasteiger partial charge in [0, 0.05) is 30.7 Å². The number of nitrogens with two attached hydrogens (primary N) is 1. The van der Waals surface area contributed by atoms with E-state index in [1.807, 2.05) is 31.2 Å². The van der Waals surface area contributed by atoms with E-state index in [0.29, 0.717) is 24.6 Å². The maximum atomic E-state index is 11.7. The Morgan fingerprint density at radius 2 is 1.93 bits per heavy atom. The molecule has 0 unspecified atom stereocenters. The van der Waals surface area contributed by atoms with Gasteiger partial charge in [-0.05, 0) is 25.1 Å². The monoisotopic (exact) mass is 402 g/mol. The third-order valence-corrected chi connectivity index (χ3v) is 4.98. The van der Waals surface area contributed by atoms with Crippen LogP contribution >= 0.6 is 0 Å². The molecule has 146 valence electrons. The lowest BCUT2D eigenvalue weighted by molar-refractivity contribution is -0.385. The number of oxazole rings is 1. The molecule has 3 rings (SSSR count). The van der Waals surface area contributed by atoms with Gasteiger partial charge in [0.05, 0.1) is 16.3 Å². The lowest BCUT2D eigenvalue weighted by Gasteiger charge is -2.09. The Morgan fingerprint density at radius 3 is 2.57 bits per heavy atom. The lowest BCUT2D eigenvalue weighted by Crippen LogP contribution is -2.16. The molecule has 3 N–H and O–H groups in total. The minimum atomic E-state index is -4.12. The number of hydrogen-bond donors (Lipinski definition) is 2. The molecule has 0 aliphatic heterocycles. The van der Waals surface area contributed by atoms with Gasteiger partial charge in [-0.25, -0.2) is 18.5 Å². The molecule has 0 aliphatic rings. The summed E-state index contributed by atoms with van der Waals surface area (Å²) in [5, 5.41) is 19.0. The third-order valence-electron chi connectivity index (χ3n) is 4.03. The Hall–Kier alpha value is -3.24. The van der Waals surface area contributed by atoms with E-state index in [4.69, 9.17) is 9.56 Å². The summed E-state index contributed by atoms with van der Waals surface area (Å²) in [6, 6.07) is 11.2. The van der Waals surface area contributed by atoms with Crippen LogP contribution < -0.4 is 10.5 Å². The highest BCUT2D eigenvalue weighted by atomic mass is 32.2. The van der Waals surface area contributed by atoms with E-state index >= 15 is 0 Å². The van der Waals surface area contributed by atoms with Gasteiger partial charge in [0.1, 0.15) is 11.2 Å². The van der Waals surface area contributed by atoms with E-state index in [1.165, 1.54) is 18.4 Å². The number of benzene rings is 2. The number of hydrogen-bond acceptors (Lipinski definition) is 7. The molecule has 3 aromatic rings. The smallest absolute Gasteiger partial charge is 0.270 e. The fourth-order valence-electron chi connectivity index (χ4n) is 2.58. The number of aromatic nitrogens is 1. The number of rotatable bonds is 7. The van der Waals surface area contributed by atoms with E-state index in [0.717, 1.165) is 17.2 Å². The van der Waals surface area contributed by atoms with E-state index < -0.39 is 14.9 Å². The Bertz CT molecular complexity index is 1110. The van der Waals surface area contributed by atoms with Crippen molar-refractivity contribution in [2.75, 3.05) is 11.9 Å². The molecule has 0 fully saturated rings. The first-order chi connectivity index (χ1) is 13.2. The number of nitro groups is 1. The second-order valence-electron chi connectivity index (χ2n) is 6.17. The highest BCUT2D eigenvalue weighted by Gasteiger charge is 2.19. The second-order valence-corrected chi connectivity index (χ2v) is 7.70. The molecule has 0 saturated carbocycles. The van der Waals surface area contributed by atoms with Gasteiger partial charge in [0.25, 0.3) is 5.69 Å². The van der Waals surface area contributed by atoms with Crippen LogP contribution in [0.3, 0.4) is 0 Å². The number of anilines is 1. The molecule has 0 aliphatic carbocycles. The quantitative estimate of drug-likeness (QED) is 0.457. The number of sulfonamides is 1. The van der Waals surface area contributed by atoms with Crippen molar-refractivity contribution in [3.63, 3.8) is 0 Å². The summed E-state index contributed by atoms with van der Waals surface area (Å²) in [5.74, 6) is 0.496. The number of aryl methyl sites for hydroxylation is 1. The molecule has 0 bridgehead atoms. The zero-order valence-electron chi connectivity index (χ0n) is 15.0. The van der Waals surface area contributed by atoms with Crippen LogP contribution in [0.1, 0.15) is 11.3 Å². The zero-order valence-corrected chi connectivity index (χ0v) is 15.8. The molecule has 0 atom stereocenters. The summed E-state index contributed by atoms with van der Waals surface area (Å²) in [7, 11) is -4.12. The molecule has 0 amide bonds. The summed E-state index contributed by atoms with van der Waals surface area (Å²) in [6.07, 6.45) is 1.99. The molecule has 28 heavy (non-hydrogen) atoms. The van der Waals surface area contributed by atoms with Crippen molar-refractivity contribution in [3.05, 3.63) is 70.1 Å². The highest BCUT2D eigenvalue weighted by molar-refractivity contribution is 7.89. The average molecular weight is 402 g/mol. The minimum absolute atomic E-state index is 0.190. The molecule has 0 spiro atoms.